The monoisotopic (exact) mass is 324 g/mol. The number of aliphatic hydroxyl groups excluding tert-OH is 1. The third kappa shape index (κ3) is 3.38. The highest BCUT2D eigenvalue weighted by atomic mass is 19.3. The number of aliphatic hydroxyl groups is 1. The molecule has 1 aromatic heterocycles. The molecule has 23 heavy (non-hydrogen) atoms. The van der Waals surface area contributed by atoms with E-state index in [1.165, 1.54) is 6.07 Å². The fraction of sp³-hybridized carbons (Fsp3) is 0.588. The lowest BCUT2D eigenvalue weighted by Crippen LogP contribution is -2.35. The van der Waals surface area contributed by atoms with Crippen LogP contribution in [0.3, 0.4) is 0 Å². The number of alkyl halides is 2. The van der Waals surface area contributed by atoms with Crippen molar-refractivity contribution < 1.29 is 18.3 Å². The Hall–Kier alpha value is -1.53. The summed E-state index contributed by atoms with van der Waals surface area (Å²) in [5, 5.41) is 13.1. The van der Waals surface area contributed by atoms with E-state index in [4.69, 9.17) is 4.42 Å². The molecular formula is C17H22F2N2O2. The third-order valence-corrected chi connectivity index (χ3v) is 4.37. The van der Waals surface area contributed by atoms with Gasteiger partial charge in [0.05, 0.1) is 11.7 Å². The van der Waals surface area contributed by atoms with Gasteiger partial charge in [0.15, 0.2) is 11.5 Å². The number of nitrogens with zero attached hydrogens (tertiary/aromatic N) is 1. The molecular weight excluding hydrogens is 302 g/mol. The lowest BCUT2D eigenvalue weighted by atomic mass is 10.1. The number of oxazole rings is 1. The van der Waals surface area contributed by atoms with Crippen LogP contribution >= 0.6 is 0 Å². The number of hydrogen-bond acceptors (Lipinski definition) is 4. The molecule has 1 aliphatic rings. The van der Waals surface area contributed by atoms with Crippen molar-refractivity contribution in [1.29, 1.82) is 0 Å². The molecule has 1 aromatic carbocycles. The Morgan fingerprint density at radius 1 is 1.35 bits per heavy atom. The number of benzene rings is 1. The van der Waals surface area contributed by atoms with E-state index in [2.05, 4.69) is 10.3 Å². The zero-order valence-electron chi connectivity index (χ0n) is 13.4. The molecule has 1 aliphatic carbocycles. The molecule has 1 fully saturated rings. The summed E-state index contributed by atoms with van der Waals surface area (Å²) in [5.74, 6) is 0.515. The minimum Gasteiger partial charge on any atom is -0.440 e. The van der Waals surface area contributed by atoms with Crippen LogP contribution in [0.15, 0.2) is 16.5 Å². The molecule has 2 aromatic rings. The lowest BCUT2D eigenvalue weighted by molar-refractivity contribution is 0.148. The molecule has 2 unspecified atom stereocenters. The molecule has 4 nitrogen and oxygen atoms in total. The van der Waals surface area contributed by atoms with Crippen LogP contribution in [-0.2, 0) is 6.54 Å². The Balaban J connectivity index is 1.88. The minimum atomic E-state index is -2.61. The van der Waals surface area contributed by atoms with Gasteiger partial charge in [0.2, 0.25) is 0 Å². The SMILES string of the molecule is CC(C)c1nc2cc(CNC3CCCC3O)cc(C(F)F)c2o1. The molecule has 1 saturated carbocycles. The highest BCUT2D eigenvalue weighted by Gasteiger charge is 2.25. The second-order valence-electron chi connectivity index (χ2n) is 6.53. The van der Waals surface area contributed by atoms with Crippen molar-refractivity contribution in [2.24, 2.45) is 0 Å². The van der Waals surface area contributed by atoms with Crippen molar-refractivity contribution >= 4 is 11.1 Å². The molecule has 2 atom stereocenters. The lowest BCUT2D eigenvalue weighted by Gasteiger charge is -2.16. The number of nitrogens with one attached hydrogen (secondary N) is 1. The van der Waals surface area contributed by atoms with E-state index in [0.29, 0.717) is 18.0 Å². The van der Waals surface area contributed by atoms with Gasteiger partial charge in [-0.3, -0.25) is 0 Å². The van der Waals surface area contributed by atoms with Crippen LogP contribution < -0.4 is 5.32 Å². The van der Waals surface area contributed by atoms with Gasteiger partial charge < -0.3 is 14.8 Å². The summed E-state index contributed by atoms with van der Waals surface area (Å²) in [4.78, 5) is 4.33. The predicted octanol–water partition coefficient (Wildman–Crippen LogP) is 3.89. The Morgan fingerprint density at radius 3 is 2.74 bits per heavy atom. The van der Waals surface area contributed by atoms with Crippen LogP contribution in [0.1, 0.15) is 62.5 Å². The van der Waals surface area contributed by atoms with Gasteiger partial charge >= 0.3 is 0 Å². The van der Waals surface area contributed by atoms with E-state index >= 15 is 0 Å². The summed E-state index contributed by atoms with van der Waals surface area (Å²) in [7, 11) is 0. The molecule has 0 spiro atoms. The van der Waals surface area contributed by atoms with Gasteiger partial charge in [-0.2, -0.15) is 0 Å². The van der Waals surface area contributed by atoms with Crippen LogP contribution in [0.25, 0.3) is 11.1 Å². The molecule has 0 aliphatic heterocycles. The van der Waals surface area contributed by atoms with Gasteiger partial charge in [-0.05, 0) is 37.0 Å². The number of hydrogen-bond donors (Lipinski definition) is 2. The number of rotatable bonds is 5. The first-order chi connectivity index (χ1) is 11.0. The normalized spacial score (nSPS) is 21.9. The summed E-state index contributed by atoms with van der Waals surface area (Å²) < 4.78 is 32.2. The number of halogens is 2. The average molecular weight is 324 g/mol. The second-order valence-corrected chi connectivity index (χ2v) is 6.53. The molecule has 2 N–H and O–H groups in total. The van der Waals surface area contributed by atoms with Gasteiger partial charge in [-0.1, -0.05) is 13.8 Å². The molecule has 6 heteroatoms. The summed E-state index contributed by atoms with van der Waals surface area (Å²) >= 11 is 0. The first-order valence-electron chi connectivity index (χ1n) is 8.08. The van der Waals surface area contributed by atoms with E-state index in [1.807, 2.05) is 13.8 Å². The summed E-state index contributed by atoms with van der Waals surface area (Å²) in [6, 6.07) is 3.28. The molecule has 126 valence electrons. The Bertz CT molecular complexity index is 685. The summed E-state index contributed by atoms with van der Waals surface area (Å²) in [6.45, 7) is 4.26. The van der Waals surface area contributed by atoms with Crippen LogP contribution in [0.5, 0.6) is 0 Å². The van der Waals surface area contributed by atoms with E-state index < -0.39 is 6.43 Å². The van der Waals surface area contributed by atoms with E-state index in [0.717, 1.165) is 24.8 Å². The predicted molar refractivity (Wildman–Crippen MR) is 83.5 cm³/mol. The summed E-state index contributed by atoms with van der Waals surface area (Å²) in [6.07, 6.45) is -0.274. The Morgan fingerprint density at radius 2 is 2.13 bits per heavy atom. The van der Waals surface area contributed by atoms with Crippen molar-refractivity contribution in [3.05, 3.63) is 29.2 Å². The van der Waals surface area contributed by atoms with Crippen LogP contribution in [0.2, 0.25) is 0 Å². The van der Waals surface area contributed by atoms with Gasteiger partial charge in [-0.25, -0.2) is 13.8 Å². The third-order valence-electron chi connectivity index (χ3n) is 4.37. The van der Waals surface area contributed by atoms with E-state index in [9.17, 15) is 13.9 Å². The van der Waals surface area contributed by atoms with Crippen LogP contribution in [-0.4, -0.2) is 22.2 Å². The Labute approximate surface area is 133 Å². The minimum absolute atomic E-state index is 0.0317. The highest BCUT2D eigenvalue weighted by Crippen LogP contribution is 2.32. The summed E-state index contributed by atoms with van der Waals surface area (Å²) in [5.41, 5.74) is 1.25. The van der Waals surface area contributed by atoms with Gasteiger partial charge in [0.1, 0.15) is 5.52 Å². The van der Waals surface area contributed by atoms with Crippen LogP contribution in [0.4, 0.5) is 8.78 Å². The quantitative estimate of drug-likeness (QED) is 0.876. The van der Waals surface area contributed by atoms with Crippen molar-refractivity contribution in [1.82, 2.24) is 10.3 Å². The average Bonchev–Trinajstić information content (AvgIpc) is 3.10. The standard InChI is InChI=1S/C17H22F2N2O2/c1-9(2)17-21-13-7-10(6-11(16(18)19)15(13)23-17)8-20-12-4-3-5-14(12)22/h6-7,9,12,14,16,20,22H,3-5,8H2,1-2H3. The van der Waals surface area contributed by atoms with Crippen LogP contribution in [0, 0.1) is 0 Å². The topological polar surface area (TPSA) is 58.3 Å². The zero-order valence-corrected chi connectivity index (χ0v) is 13.4. The maximum absolute atomic E-state index is 13.3. The number of fused-ring (bicyclic) bond motifs is 1. The number of aromatic nitrogens is 1. The maximum Gasteiger partial charge on any atom is 0.267 e. The smallest absolute Gasteiger partial charge is 0.267 e. The Kier molecular flexibility index (Phi) is 4.64. The molecule has 3 rings (SSSR count). The first kappa shape index (κ1) is 16.3. The van der Waals surface area contributed by atoms with Gasteiger partial charge in [0.25, 0.3) is 6.43 Å². The second kappa shape index (κ2) is 6.53. The maximum atomic E-state index is 13.3. The van der Waals surface area contributed by atoms with Crippen molar-refractivity contribution in [2.75, 3.05) is 0 Å². The van der Waals surface area contributed by atoms with E-state index in [1.54, 1.807) is 6.07 Å². The van der Waals surface area contributed by atoms with Crippen molar-refractivity contribution in [2.45, 2.75) is 64.1 Å². The first-order valence-corrected chi connectivity index (χ1v) is 8.08. The largest absolute Gasteiger partial charge is 0.440 e. The molecule has 0 amide bonds. The fourth-order valence-corrected chi connectivity index (χ4v) is 3.07. The van der Waals surface area contributed by atoms with Gasteiger partial charge in [0, 0.05) is 18.5 Å². The molecule has 1 heterocycles. The highest BCUT2D eigenvalue weighted by molar-refractivity contribution is 5.78. The van der Waals surface area contributed by atoms with E-state index in [-0.39, 0.29) is 29.2 Å². The zero-order chi connectivity index (χ0) is 16.6. The molecule has 0 radical (unpaired) electrons. The molecule has 0 bridgehead atoms. The van der Waals surface area contributed by atoms with Crippen molar-refractivity contribution in [3.8, 4) is 0 Å². The van der Waals surface area contributed by atoms with Crippen molar-refractivity contribution in [3.63, 3.8) is 0 Å². The van der Waals surface area contributed by atoms with Gasteiger partial charge in [-0.15, -0.1) is 0 Å². The fourth-order valence-electron chi connectivity index (χ4n) is 3.07. The molecule has 0 saturated heterocycles.